The van der Waals surface area contributed by atoms with Crippen LogP contribution in [0.25, 0.3) is 0 Å². The number of nitrogens with zero attached hydrogens (tertiary/aromatic N) is 6. The number of hydrazone groups is 1. The Hall–Kier alpha value is -3.50. The number of benzene rings is 1. The molecule has 0 spiro atoms. The van der Waals surface area contributed by atoms with Crippen LogP contribution in [0.15, 0.2) is 41.6 Å². The van der Waals surface area contributed by atoms with E-state index in [0.717, 1.165) is 18.0 Å². The second-order valence-corrected chi connectivity index (χ2v) is 6.75. The average molecular weight is 434 g/mol. The quantitative estimate of drug-likeness (QED) is 0.581. The van der Waals surface area contributed by atoms with Gasteiger partial charge in [0.2, 0.25) is 5.71 Å². The molecule has 1 N–H and O–H groups in total. The Labute approximate surface area is 175 Å². The third-order valence-corrected chi connectivity index (χ3v) is 4.75. The first-order chi connectivity index (χ1) is 14.3. The van der Waals surface area contributed by atoms with Gasteiger partial charge in [0, 0.05) is 38.1 Å². The fourth-order valence-corrected chi connectivity index (χ4v) is 3.22. The Morgan fingerprint density at radius 3 is 2.20 bits per heavy atom. The highest BCUT2D eigenvalue weighted by Crippen LogP contribution is 2.34. The maximum atomic E-state index is 12.8. The molecule has 30 heavy (non-hydrogen) atoms. The number of nitrogens with one attached hydrogen (secondary N) is 1. The summed E-state index contributed by atoms with van der Waals surface area (Å²) in [6.07, 6.45) is -3.68. The van der Waals surface area contributed by atoms with Gasteiger partial charge in [-0.25, -0.2) is 4.98 Å². The van der Waals surface area contributed by atoms with E-state index in [-0.39, 0.29) is 10.7 Å². The van der Waals surface area contributed by atoms with Crippen LogP contribution in [0.1, 0.15) is 5.56 Å². The molecule has 11 heteroatoms. The Morgan fingerprint density at radius 1 is 1.07 bits per heavy atom. The fourth-order valence-electron chi connectivity index (χ4n) is 2.94. The summed E-state index contributed by atoms with van der Waals surface area (Å²) in [5.41, 5.74) is 3.08. The molecule has 2 heterocycles. The topological polar surface area (TPSA) is 91.3 Å². The zero-order chi connectivity index (χ0) is 21.7. The second kappa shape index (κ2) is 8.89. The largest absolute Gasteiger partial charge is 0.417 e. The molecule has 1 aliphatic heterocycles. The third kappa shape index (κ3) is 4.91. The van der Waals surface area contributed by atoms with Gasteiger partial charge in [0.15, 0.2) is 0 Å². The second-order valence-electron chi connectivity index (χ2n) is 6.34. The molecular weight excluding hydrogens is 419 g/mol. The maximum Gasteiger partial charge on any atom is 0.417 e. The van der Waals surface area contributed by atoms with Crippen molar-refractivity contribution in [2.24, 2.45) is 5.10 Å². The van der Waals surface area contributed by atoms with Crippen molar-refractivity contribution in [3.63, 3.8) is 0 Å². The van der Waals surface area contributed by atoms with Crippen molar-refractivity contribution in [2.45, 2.75) is 6.18 Å². The number of halogens is 4. The first kappa shape index (κ1) is 21.2. The SMILES string of the molecule is N#CC(C#N)=NNc1ccc(N2CCN(c3ncc(C(F)(F)F)cc3Cl)CC2)cc1. The first-order valence-corrected chi connectivity index (χ1v) is 9.16. The van der Waals surface area contributed by atoms with Crippen molar-refractivity contribution in [3.05, 3.63) is 47.1 Å². The smallest absolute Gasteiger partial charge is 0.368 e. The van der Waals surface area contributed by atoms with Crippen molar-refractivity contribution in [2.75, 3.05) is 41.4 Å². The van der Waals surface area contributed by atoms with Crippen LogP contribution in [0.4, 0.5) is 30.4 Å². The van der Waals surface area contributed by atoms with Gasteiger partial charge < -0.3 is 9.80 Å². The number of nitriles is 2. The third-order valence-electron chi connectivity index (χ3n) is 4.47. The monoisotopic (exact) mass is 433 g/mol. The molecule has 1 fully saturated rings. The van der Waals surface area contributed by atoms with E-state index in [9.17, 15) is 13.2 Å². The summed E-state index contributed by atoms with van der Waals surface area (Å²) in [7, 11) is 0. The summed E-state index contributed by atoms with van der Waals surface area (Å²) in [5.74, 6) is 0.340. The molecule has 2 aromatic rings. The highest BCUT2D eigenvalue weighted by molar-refractivity contribution is 6.33. The van der Waals surface area contributed by atoms with Crippen molar-refractivity contribution in [3.8, 4) is 12.1 Å². The number of hydrogen-bond acceptors (Lipinski definition) is 7. The van der Waals surface area contributed by atoms with Gasteiger partial charge in [0.25, 0.3) is 0 Å². The lowest BCUT2D eigenvalue weighted by Crippen LogP contribution is -2.47. The zero-order valence-corrected chi connectivity index (χ0v) is 16.2. The van der Waals surface area contributed by atoms with E-state index in [2.05, 4.69) is 20.4 Å². The molecular formula is C19H15ClF3N7. The average Bonchev–Trinajstić information content (AvgIpc) is 2.74. The van der Waals surface area contributed by atoms with Crippen LogP contribution in [-0.2, 0) is 6.18 Å². The standard InChI is InChI=1S/C19H15ClF3N7/c20-17-9-13(19(21,22)23)12-26-18(17)30-7-5-29(6-8-30)16-3-1-14(2-4-16)27-28-15(10-24)11-25/h1-4,9,12,27H,5-8H2. The van der Waals surface area contributed by atoms with Crippen molar-refractivity contribution in [1.82, 2.24) is 4.98 Å². The van der Waals surface area contributed by atoms with Gasteiger partial charge in [-0.3, -0.25) is 5.43 Å². The van der Waals surface area contributed by atoms with Crippen LogP contribution in [0.2, 0.25) is 5.02 Å². The van der Waals surface area contributed by atoms with E-state index in [0.29, 0.717) is 37.7 Å². The fraction of sp³-hybridized carbons (Fsp3) is 0.263. The summed E-state index contributed by atoms with van der Waals surface area (Å²) in [4.78, 5) is 7.89. The lowest BCUT2D eigenvalue weighted by molar-refractivity contribution is -0.137. The van der Waals surface area contributed by atoms with Crippen LogP contribution in [0.5, 0.6) is 0 Å². The molecule has 154 valence electrons. The van der Waals surface area contributed by atoms with Gasteiger partial charge in [-0.15, -0.1) is 0 Å². The van der Waals surface area contributed by atoms with Gasteiger partial charge in [0.1, 0.15) is 18.0 Å². The minimum absolute atomic E-state index is 0.0247. The summed E-state index contributed by atoms with van der Waals surface area (Å²) in [6.45, 7) is 2.38. The van der Waals surface area contributed by atoms with E-state index in [4.69, 9.17) is 22.1 Å². The molecule has 1 aromatic heterocycles. The summed E-state index contributed by atoms with van der Waals surface area (Å²) >= 11 is 6.04. The van der Waals surface area contributed by atoms with Gasteiger partial charge >= 0.3 is 6.18 Å². The van der Waals surface area contributed by atoms with Crippen LogP contribution in [-0.4, -0.2) is 36.9 Å². The Balaban J connectivity index is 1.61. The molecule has 7 nitrogen and oxygen atoms in total. The maximum absolute atomic E-state index is 12.8. The number of aromatic nitrogens is 1. The Kier molecular flexibility index (Phi) is 6.28. The van der Waals surface area contributed by atoms with Crippen LogP contribution in [0.3, 0.4) is 0 Å². The normalized spacial score (nSPS) is 13.9. The minimum atomic E-state index is -4.48. The van der Waals surface area contributed by atoms with E-state index < -0.39 is 11.7 Å². The van der Waals surface area contributed by atoms with E-state index in [1.807, 2.05) is 17.0 Å². The number of piperazine rings is 1. The van der Waals surface area contributed by atoms with Crippen LogP contribution in [0, 0.1) is 22.7 Å². The molecule has 1 aromatic carbocycles. The Bertz CT molecular complexity index is 998. The predicted octanol–water partition coefficient (Wildman–Crippen LogP) is 3.90. The minimum Gasteiger partial charge on any atom is -0.368 e. The van der Waals surface area contributed by atoms with Crippen LogP contribution < -0.4 is 15.2 Å². The molecule has 0 atom stereocenters. The van der Waals surface area contributed by atoms with Crippen molar-refractivity contribution in [1.29, 1.82) is 10.5 Å². The van der Waals surface area contributed by atoms with E-state index >= 15 is 0 Å². The highest BCUT2D eigenvalue weighted by Gasteiger charge is 2.32. The van der Waals surface area contributed by atoms with Crippen LogP contribution >= 0.6 is 11.6 Å². The highest BCUT2D eigenvalue weighted by atomic mass is 35.5. The number of hydrogen-bond donors (Lipinski definition) is 1. The lowest BCUT2D eigenvalue weighted by atomic mass is 10.2. The van der Waals surface area contributed by atoms with Gasteiger partial charge in [-0.2, -0.15) is 28.8 Å². The summed E-state index contributed by atoms with van der Waals surface area (Å²) < 4.78 is 38.3. The summed E-state index contributed by atoms with van der Waals surface area (Å²) in [5, 5.41) is 21.0. The number of rotatable bonds is 4. The number of alkyl halides is 3. The molecule has 0 bridgehead atoms. The molecule has 0 radical (unpaired) electrons. The Morgan fingerprint density at radius 2 is 1.67 bits per heavy atom. The molecule has 0 aliphatic carbocycles. The van der Waals surface area contributed by atoms with Crippen molar-refractivity contribution < 1.29 is 13.2 Å². The van der Waals surface area contributed by atoms with Gasteiger partial charge in [0.05, 0.1) is 16.3 Å². The van der Waals surface area contributed by atoms with Gasteiger partial charge in [-0.05, 0) is 30.3 Å². The number of pyridine rings is 1. The van der Waals surface area contributed by atoms with E-state index in [1.165, 1.54) is 0 Å². The van der Waals surface area contributed by atoms with Gasteiger partial charge in [-0.1, -0.05) is 11.6 Å². The van der Waals surface area contributed by atoms with Crippen molar-refractivity contribution >= 4 is 34.5 Å². The molecule has 0 unspecified atom stereocenters. The molecule has 0 saturated carbocycles. The summed E-state index contributed by atoms with van der Waals surface area (Å²) in [6, 6.07) is 11.5. The lowest BCUT2D eigenvalue weighted by Gasteiger charge is -2.37. The zero-order valence-electron chi connectivity index (χ0n) is 15.5. The van der Waals surface area contributed by atoms with E-state index in [1.54, 1.807) is 24.3 Å². The number of anilines is 3. The molecule has 1 saturated heterocycles. The molecule has 0 amide bonds. The first-order valence-electron chi connectivity index (χ1n) is 8.78. The predicted molar refractivity (Wildman–Crippen MR) is 107 cm³/mol. The molecule has 3 rings (SSSR count). The molecule has 1 aliphatic rings.